The number of rotatable bonds is 7. The van der Waals surface area contributed by atoms with Crippen molar-refractivity contribution in [1.82, 2.24) is 9.21 Å². The monoisotopic (exact) mass is 646 g/mol. The lowest BCUT2D eigenvalue weighted by Gasteiger charge is -2.22. The van der Waals surface area contributed by atoms with Gasteiger partial charge in [-0.1, -0.05) is 45.0 Å². The molecular weight excluding hydrogens is 614 g/mol. The van der Waals surface area contributed by atoms with Crippen LogP contribution in [0, 0.1) is 0 Å². The van der Waals surface area contributed by atoms with E-state index in [0.29, 0.717) is 6.54 Å². The van der Waals surface area contributed by atoms with Crippen LogP contribution in [0.15, 0.2) is 68.9 Å². The highest BCUT2D eigenvalue weighted by Crippen LogP contribution is 2.38. The zero-order valence-electron chi connectivity index (χ0n) is 24.3. The summed E-state index contributed by atoms with van der Waals surface area (Å²) >= 11 is 0. The Hall–Kier alpha value is -3.36. The summed E-state index contributed by atoms with van der Waals surface area (Å²) in [6.45, 7) is 6.71. The van der Waals surface area contributed by atoms with Gasteiger partial charge in [0.2, 0.25) is 21.2 Å². The Morgan fingerprint density at radius 2 is 1.43 bits per heavy atom. The van der Waals surface area contributed by atoms with E-state index in [1.54, 1.807) is 4.90 Å². The van der Waals surface area contributed by atoms with Gasteiger partial charge in [-0.2, -0.15) is 30.6 Å². The lowest BCUT2D eigenvalue weighted by Crippen LogP contribution is -2.35. The van der Waals surface area contributed by atoms with Gasteiger partial charge in [-0.25, -0.2) is 8.42 Å². The summed E-state index contributed by atoms with van der Waals surface area (Å²) in [6, 6.07) is 9.41. The smallest absolute Gasteiger partial charge is 0.416 e. The number of hydrogen-bond donors (Lipinski definition) is 0. The Morgan fingerprint density at radius 1 is 0.818 bits per heavy atom. The first kappa shape index (κ1) is 33.5. The van der Waals surface area contributed by atoms with Gasteiger partial charge in [-0.15, -0.1) is 0 Å². The molecule has 0 spiro atoms. The molecule has 0 unspecified atom stereocenters. The minimum absolute atomic E-state index is 0.000567. The molecule has 44 heavy (non-hydrogen) atoms. The first-order valence-electron chi connectivity index (χ1n) is 13.7. The van der Waals surface area contributed by atoms with E-state index in [1.807, 2.05) is 24.3 Å². The van der Waals surface area contributed by atoms with E-state index in [1.165, 1.54) is 12.3 Å². The van der Waals surface area contributed by atoms with Gasteiger partial charge in [0.25, 0.3) is 0 Å². The van der Waals surface area contributed by atoms with E-state index >= 15 is 0 Å². The van der Waals surface area contributed by atoms with Gasteiger partial charge in [0.1, 0.15) is 18.6 Å². The summed E-state index contributed by atoms with van der Waals surface area (Å²) in [7, 11) is -4.68. The molecule has 1 saturated heterocycles. The lowest BCUT2D eigenvalue weighted by molar-refractivity contribution is -0.143. The minimum Gasteiger partial charge on any atom is -0.482 e. The molecule has 240 valence electrons. The normalized spacial score (nSPS) is 16.1. The molecule has 2 aromatic carbocycles. The Kier molecular flexibility index (Phi) is 9.57. The molecule has 0 amide bonds. The zero-order chi connectivity index (χ0) is 32.5. The van der Waals surface area contributed by atoms with Crippen molar-refractivity contribution in [3.8, 4) is 5.75 Å². The summed E-state index contributed by atoms with van der Waals surface area (Å²) in [5.41, 5.74) is -1.80. The molecule has 0 bridgehead atoms. The number of benzene rings is 2. The fourth-order valence-electron chi connectivity index (χ4n) is 4.68. The van der Waals surface area contributed by atoms with Gasteiger partial charge in [-0.3, -0.25) is 9.69 Å². The molecule has 3 aromatic rings. The van der Waals surface area contributed by atoms with Gasteiger partial charge >= 0.3 is 12.4 Å². The van der Waals surface area contributed by atoms with E-state index in [2.05, 4.69) is 20.8 Å². The Morgan fingerprint density at radius 3 is 1.98 bits per heavy atom. The van der Waals surface area contributed by atoms with Crippen LogP contribution in [0.3, 0.4) is 0 Å². The number of nitrogens with zero attached hydrogens (tertiary/aromatic N) is 2. The highest BCUT2D eigenvalue weighted by molar-refractivity contribution is 7.89. The van der Waals surface area contributed by atoms with E-state index < -0.39 is 43.8 Å². The molecule has 0 atom stereocenters. The maximum atomic E-state index is 13.3. The SMILES string of the molecule is CC(C)(C)c1ccc(COc2coc(CN3CCCN(S(=O)(=O)c4cc(C(F)(F)F)cc(C(F)(F)F)c4)CC3)cc2=O)cc1. The highest BCUT2D eigenvalue weighted by Gasteiger charge is 2.39. The number of hydrogen-bond acceptors (Lipinski definition) is 6. The van der Waals surface area contributed by atoms with Gasteiger partial charge < -0.3 is 9.15 Å². The van der Waals surface area contributed by atoms with Gasteiger partial charge in [0.05, 0.1) is 22.6 Å². The second-order valence-corrected chi connectivity index (χ2v) is 13.5. The predicted octanol–water partition coefficient (Wildman–Crippen LogP) is 6.45. The molecule has 1 aliphatic rings. The van der Waals surface area contributed by atoms with Crippen LogP contribution in [-0.4, -0.2) is 43.8 Å². The third kappa shape index (κ3) is 8.21. The summed E-state index contributed by atoms with van der Waals surface area (Å²) in [6.07, 6.45) is -8.92. The van der Waals surface area contributed by atoms with Crippen LogP contribution in [0.25, 0.3) is 0 Å². The van der Waals surface area contributed by atoms with Crippen molar-refractivity contribution in [1.29, 1.82) is 0 Å². The summed E-state index contributed by atoms with van der Waals surface area (Å²) in [4.78, 5) is 13.3. The third-order valence-corrected chi connectivity index (χ3v) is 9.07. The molecule has 4 rings (SSSR count). The maximum absolute atomic E-state index is 13.3. The molecule has 14 heteroatoms. The molecule has 2 heterocycles. The molecule has 0 radical (unpaired) electrons. The fourth-order valence-corrected chi connectivity index (χ4v) is 6.22. The van der Waals surface area contributed by atoms with Gasteiger partial charge in [-0.05, 0) is 47.7 Å². The Bertz CT molecular complexity index is 1600. The number of halogens is 6. The molecule has 1 fully saturated rings. The van der Waals surface area contributed by atoms with Crippen LogP contribution in [0.2, 0.25) is 0 Å². The van der Waals surface area contributed by atoms with E-state index in [4.69, 9.17) is 9.15 Å². The van der Waals surface area contributed by atoms with Crippen LogP contribution in [0.1, 0.15) is 55.2 Å². The van der Waals surface area contributed by atoms with Crippen molar-refractivity contribution in [3.63, 3.8) is 0 Å². The van der Waals surface area contributed by atoms with Crippen molar-refractivity contribution < 1.29 is 43.9 Å². The van der Waals surface area contributed by atoms with Crippen molar-refractivity contribution >= 4 is 10.0 Å². The van der Waals surface area contributed by atoms with Crippen LogP contribution in [0.4, 0.5) is 26.3 Å². The lowest BCUT2D eigenvalue weighted by atomic mass is 9.87. The second kappa shape index (κ2) is 12.6. The van der Waals surface area contributed by atoms with Gasteiger partial charge in [0.15, 0.2) is 0 Å². The zero-order valence-corrected chi connectivity index (χ0v) is 25.1. The third-order valence-electron chi connectivity index (χ3n) is 7.19. The second-order valence-electron chi connectivity index (χ2n) is 11.6. The Labute approximate surface area is 251 Å². The van der Waals surface area contributed by atoms with Crippen molar-refractivity contribution in [2.75, 3.05) is 26.2 Å². The first-order valence-corrected chi connectivity index (χ1v) is 15.1. The van der Waals surface area contributed by atoms with E-state index in [9.17, 15) is 39.6 Å². The quantitative estimate of drug-likeness (QED) is 0.275. The number of alkyl halides is 6. The standard InChI is InChI=1S/C30H32F6N2O5S/c1-28(2,3)21-7-5-20(6-8-21)18-43-27-19-42-24(16-26(27)39)17-37-9-4-10-38(12-11-37)44(40,41)25-14-22(29(31,32)33)13-23(15-25)30(34,35)36/h5-8,13-16,19H,4,9-12,17-18H2,1-3H3. The molecule has 1 aliphatic heterocycles. The topological polar surface area (TPSA) is 80.1 Å². The fraction of sp³-hybridized carbons (Fsp3) is 0.433. The maximum Gasteiger partial charge on any atom is 0.416 e. The van der Waals surface area contributed by atoms with Crippen LogP contribution in [0.5, 0.6) is 5.75 Å². The number of ether oxygens (including phenoxy) is 1. The van der Waals surface area contributed by atoms with Crippen molar-refractivity contribution in [2.45, 2.75) is 63.0 Å². The summed E-state index contributed by atoms with van der Waals surface area (Å²) in [5.74, 6) is 0.294. The molecule has 0 aliphatic carbocycles. The number of sulfonamides is 1. The van der Waals surface area contributed by atoms with Crippen LogP contribution >= 0.6 is 0 Å². The van der Waals surface area contributed by atoms with Crippen LogP contribution < -0.4 is 10.2 Å². The average Bonchev–Trinajstić information content (AvgIpc) is 3.17. The first-order chi connectivity index (χ1) is 20.3. The molecule has 7 nitrogen and oxygen atoms in total. The van der Waals surface area contributed by atoms with E-state index in [0.717, 1.165) is 15.4 Å². The predicted molar refractivity (Wildman–Crippen MR) is 150 cm³/mol. The highest BCUT2D eigenvalue weighted by atomic mass is 32.2. The largest absolute Gasteiger partial charge is 0.482 e. The van der Waals surface area contributed by atoms with Crippen molar-refractivity contribution in [3.05, 3.63) is 93.0 Å². The summed E-state index contributed by atoms with van der Waals surface area (Å²) in [5, 5.41) is 0. The van der Waals surface area contributed by atoms with Crippen molar-refractivity contribution in [2.24, 2.45) is 0 Å². The molecule has 1 aromatic heterocycles. The summed E-state index contributed by atoms with van der Waals surface area (Å²) < 4.78 is 118. The Balaban J connectivity index is 1.41. The molecule has 0 N–H and O–H groups in total. The molecular formula is C30H32F6N2O5S. The minimum atomic E-state index is -5.18. The average molecular weight is 647 g/mol. The molecule has 0 saturated carbocycles. The van der Waals surface area contributed by atoms with Crippen LogP contribution in [-0.2, 0) is 40.9 Å². The van der Waals surface area contributed by atoms with E-state index in [-0.39, 0.29) is 74.3 Å². The van der Waals surface area contributed by atoms with Gasteiger partial charge in [0, 0.05) is 25.7 Å².